The first kappa shape index (κ1) is 18.6. The summed E-state index contributed by atoms with van der Waals surface area (Å²) in [5.41, 5.74) is 4.15. The molecule has 1 fully saturated rings. The molecule has 0 N–H and O–H groups in total. The summed E-state index contributed by atoms with van der Waals surface area (Å²) in [7, 11) is 0. The van der Waals surface area contributed by atoms with Gasteiger partial charge in [0, 0.05) is 49.7 Å². The van der Waals surface area contributed by atoms with E-state index in [4.69, 9.17) is 0 Å². The summed E-state index contributed by atoms with van der Waals surface area (Å²) < 4.78 is 0. The summed E-state index contributed by atoms with van der Waals surface area (Å²) in [5.74, 6) is 0.764. The molecule has 0 bridgehead atoms. The molecule has 2 aliphatic heterocycles. The minimum atomic E-state index is -0.0218. The Hall–Kier alpha value is -3.41. The lowest BCUT2D eigenvalue weighted by Crippen LogP contribution is -2.49. The molecule has 2 aliphatic rings. The maximum atomic E-state index is 13.1. The molecular weight excluding hydrogens is 374 g/mol. The van der Waals surface area contributed by atoms with Crippen molar-refractivity contribution in [3.8, 4) is 0 Å². The fourth-order valence-electron chi connectivity index (χ4n) is 4.48. The quantitative estimate of drug-likeness (QED) is 0.675. The number of hydrogen-bond donors (Lipinski definition) is 0. The van der Waals surface area contributed by atoms with Crippen LogP contribution in [0.25, 0.3) is 0 Å². The number of para-hydroxylation sites is 2. The molecule has 3 aromatic rings. The number of anilines is 3. The van der Waals surface area contributed by atoms with Crippen LogP contribution in [0.4, 0.5) is 17.2 Å². The smallest absolute Gasteiger partial charge is 0.272 e. The predicted molar refractivity (Wildman–Crippen MR) is 118 cm³/mol. The number of rotatable bonds is 3. The number of hydrogen-bond acceptors (Lipinski definition) is 5. The summed E-state index contributed by atoms with van der Waals surface area (Å²) in [6.45, 7) is 5.22. The molecule has 6 nitrogen and oxygen atoms in total. The topological polar surface area (TPSA) is 52.6 Å². The molecule has 6 heteroatoms. The Labute approximate surface area is 176 Å². The maximum absolute atomic E-state index is 13.1. The zero-order valence-corrected chi connectivity index (χ0v) is 17.1. The Balaban J connectivity index is 1.32. The van der Waals surface area contributed by atoms with Crippen LogP contribution in [0.15, 0.2) is 67.0 Å². The molecule has 3 heterocycles. The SMILES string of the molecule is CC1Cc2ccccc2N1c1cc(C(=O)N2CCN(c3ccccc3)CC2)ncn1. The number of benzene rings is 2. The Kier molecular flexibility index (Phi) is 4.83. The van der Waals surface area contributed by atoms with E-state index < -0.39 is 0 Å². The van der Waals surface area contributed by atoms with Gasteiger partial charge in [0.05, 0.1) is 0 Å². The van der Waals surface area contributed by atoms with E-state index in [0.717, 1.165) is 25.3 Å². The van der Waals surface area contributed by atoms with Gasteiger partial charge in [0.25, 0.3) is 5.91 Å². The molecule has 152 valence electrons. The van der Waals surface area contributed by atoms with Crippen molar-refractivity contribution in [3.05, 3.63) is 78.2 Å². The van der Waals surface area contributed by atoms with Crippen molar-refractivity contribution in [2.75, 3.05) is 36.0 Å². The van der Waals surface area contributed by atoms with E-state index in [2.05, 4.69) is 57.0 Å². The van der Waals surface area contributed by atoms with Gasteiger partial charge in [0.2, 0.25) is 0 Å². The van der Waals surface area contributed by atoms with Crippen LogP contribution in [0, 0.1) is 0 Å². The molecule has 0 spiro atoms. The lowest BCUT2D eigenvalue weighted by atomic mass is 10.1. The van der Waals surface area contributed by atoms with E-state index in [-0.39, 0.29) is 5.91 Å². The third kappa shape index (κ3) is 3.38. The van der Waals surface area contributed by atoms with Crippen molar-refractivity contribution in [3.63, 3.8) is 0 Å². The first-order valence-corrected chi connectivity index (χ1v) is 10.5. The Morgan fingerprint density at radius 2 is 1.67 bits per heavy atom. The number of amides is 1. The normalized spacial score (nSPS) is 18.4. The molecule has 2 aromatic carbocycles. The van der Waals surface area contributed by atoms with E-state index in [9.17, 15) is 4.79 Å². The summed E-state index contributed by atoms with van der Waals surface area (Å²) in [4.78, 5) is 28.3. The second-order valence-corrected chi connectivity index (χ2v) is 7.93. The van der Waals surface area contributed by atoms with Gasteiger partial charge in [0.15, 0.2) is 0 Å². The van der Waals surface area contributed by atoms with Crippen LogP contribution >= 0.6 is 0 Å². The predicted octanol–water partition coefficient (Wildman–Crippen LogP) is 3.52. The lowest BCUT2D eigenvalue weighted by molar-refractivity contribution is 0.0740. The highest BCUT2D eigenvalue weighted by Gasteiger charge is 2.29. The molecule has 1 unspecified atom stereocenters. The van der Waals surface area contributed by atoms with Gasteiger partial charge in [-0.1, -0.05) is 36.4 Å². The number of aromatic nitrogens is 2. The highest BCUT2D eigenvalue weighted by atomic mass is 16.2. The van der Waals surface area contributed by atoms with E-state index >= 15 is 0 Å². The molecule has 0 saturated carbocycles. The monoisotopic (exact) mass is 399 g/mol. The lowest BCUT2D eigenvalue weighted by Gasteiger charge is -2.36. The van der Waals surface area contributed by atoms with Crippen molar-refractivity contribution in [1.82, 2.24) is 14.9 Å². The van der Waals surface area contributed by atoms with Crippen LogP contribution in [0.3, 0.4) is 0 Å². The number of fused-ring (bicyclic) bond motifs is 1. The highest BCUT2D eigenvalue weighted by Crippen LogP contribution is 2.37. The van der Waals surface area contributed by atoms with Crippen molar-refractivity contribution < 1.29 is 4.79 Å². The molecule has 0 aliphatic carbocycles. The minimum absolute atomic E-state index is 0.0218. The number of piperazine rings is 1. The van der Waals surface area contributed by atoms with Crippen LogP contribution in [-0.2, 0) is 6.42 Å². The van der Waals surface area contributed by atoms with Gasteiger partial charge in [-0.15, -0.1) is 0 Å². The van der Waals surface area contributed by atoms with E-state index in [1.165, 1.54) is 23.3 Å². The second-order valence-electron chi connectivity index (χ2n) is 7.93. The molecule has 1 aromatic heterocycles. The number of carbonyl (C=O) groups excluding carboxylic acids is 1. The van der Waals surface area contributed by atoms with Crippen LogP contribution in [0.1, 0.15) is 23.0 Å². The molecule has 30 heavy (non-hydrogen) atoms. The van der Waals surface area contributed by atoms with Crippen molar-refractivity contribution in [2.45, 2.75) is 19.4 Å². The number of carbonyl (C=O) groups is 1. The van der Waals surface area contributed by atoms with Gasteiger partial charge in [0.1, 0.15) is 17.8 Å². The molecule has 1 amide bonds. The van der Waals surface area contributed by atoms with Gasteiger partial charge in [-0.2, -0.15) is 0 Å². The first-order chi connectivity index (χ1) is 14.7. The molecule has 5 rings (SSSR count). The standard InChI is InChI=1S/C24H25N5O/c1-18-15-19-7-5-6-10-22(19)29(18)23-16-21(25-17-26-23)24(30)28-13-11-27(12-14-28)20-8-3-2-4-9-20/h2-10,16-18H,11-15H2,1H3. The van der Waals surface area contributed by atoms with Gasteiger partial charge >= 0.3 is 0 Å². The minimum Gasteiger partial charge on any atom is -0.368 e. The number of nitrogens with zero attached hydrogens (tertiary/aromatic N) is 5. The average Bonchev–Trinajstić information content (AvgIpc) is 3.15. The third-order valence-corrected chi connectivity index (χ3v) is 6.01. The van der Waals surface area contributed by atoms with Crippen LogP contribution < -0.4 is 9.80 Å². The van der Waals surface area contributed by atoms with Gasteiger partial charge < -0.3 is 14.7 Å². The summed E-state index contributed by atoms with van der Waals surface area (Å²) in [6, 6.07) is 20.9. The molecular formula is C24H25N5O. The molecule has 0 radical (unpaired) electrons. The summed E-state index contributed by atoms with van der Waals surface area (Å²) in [6.07, 6.45) is 2.49. The van der Waals surface area contributed by atoms with Gasteiger partial charge in [-0.3, -0.25) is 4.79 Å². The second kappa shape index (κ2) is 7.78. The Bertz CT molecular complexity index is 1050. The van der Waals surface area contributed by atoms with Crippen molar-refractivity contribution >= 4 is 23.1 Å². The van der Waals surface area contributed by atoms with Crippen molar-refractivity contribution in [1.29, 1.82) is 0 Å². The zero-order chi connectivity index (χ0) is 20.5. The largest absolute Gasteiger partial charge is 0.368 e. The zero-order valence-electron chi connectivity index (χ0n) is 17.1. The molecule has 1 saturated heterocycles. The average molecular weight is 399 g/mol. The maximum Gasteiger partial charge on any atom is 0.272 e. The van der Waals surface area contributed by atoms with Crippen LogP contribution in [0.2, 0.25) is 0 Å². The third-order valence-electron chi connectivity index (χ3n) is 6.01. The van der Waals surface area contributed by atoms with Crippen molar-refractivity contribution in [2.24, 2.45) is 0 Å². The summed E-state index contributed by atoms with van der Waals surface area (Å²) >= 11 is 0. The van der Waals surface area contributed by atoms with Gasteiger partial charge in [-0.25, -0.2) is 9.97 Å². The highest BCUT2D eigenvalue weighted by molar-refractivity contribution is 5.93. The summed E-state index contributed by atoms with van der Waals surface area (Å²) in [5, 5.41) is 0. The molecule has 1 atom stereocenters. The van der Waals surface area contributed by atoms with E-state index in [1.807, 2.05) is 35.2 Å². The Morgan fingerprint density at radius 1 is 0.933 bits per heavy atom. The van der Waals surface area contributed by atoms with E-state index in [0.29, 0.717) is 24.8 Å². The Morgan fingerprint density at radius 3 is 2.47 bits per heavy atom. The van der Waals surface area contributed by atoms with Crippen LogP contribution in [0.5, 0.6) is 0 Å². The fourth-order valence-corrected chi connectivity index (χ4v) is 4.48. The van der Waals surface area contributed by atoms with Gasteiger partial charge in [-0.05, 0) is 37.1 Å². The van der Waals surface area contributed by atoms with E-state index in [1.54, 1.807) is 0 Å². The first-order valence-electron chi connectivity index (χ1n) is 10.5. The fraction of sp³-hybridized carbons (Fsp3) is 0.292. The van der Waals surface area contributed by atoms with Crippen LogP contribution in [-0.4, -0.2) is 53.0 Å².